The summed E-state index contributed by atoms with van der Waals surface area (Å²) in [4.78, 5) is 29.9. The molecule has 6 heteroatoms. The van der Waals surface area contributed by atoms with E-state index in [-0.39, 0.29) is 11.8 Å². The molecule has 0 aliphatic carbocycles. The lowest BCUT2D eigenvalue weighted by atomic mass is 10.1. The number of rotatable bonds is 8. The fourth-order valence-corrected chi connectivity index (χ4v) is 3.71. The van der Waals surface area contributed by atoms with E-state index < -0.39 is 0 Å². The molecular weight excluding hydrogens is 334 g/mol. The number of nitrogens with one attached hydrogen (secondary N) is 1. The third kappa shape index (κ3) is 5.47. The second kappa shape index (κ2) is 9.25. The summed E-state index contributed by atoms with van der Waals surface area (Å²) in [5.41, 5.74) is 1.39. The van der Waals surface area contributed by atoms with E-state index in [4.69, 9.17) is 0 Å². The van der Waals surface area contributed by atoms with Crippen molar-refractivity contribution in [1.29, 1.82) is 0 Å². The third-order valence-corrected chi connectivity index (χ3v) is 5.39. The Morgan fingerprint density at radius 2 is 1.96 bits per heavy atom. The Balaban J connectivity index is 2.15. The van der Waals surface area contributed by atoms with Gasteiger partial charge in [-0.3, -0.25) is 9.59 Å². The zero-order chi connectivity index (χ0) is 18.4. The van der Waals surface area contributed by atoms with Crippen molar-refractivity contribution in [2.75, 3.05) is 43.8 Å². The fourth-order valence-electron chi connectivity index (χ4n) is 2.92. The van der Waals surface area contributed by atoms with Crippen LogP contribution in [0.4, 0.5) is 5.69 Å². The average molecular weight is 364 g/mol. The molecule has 25 heavy (non-hydrogen) atoms. The van der Waals surface area contributed by atoms with E-state index >= 15 is 0 Å². The maximum Gasteiger partial charge on any atom is 0.253 e. The quantitative estimate of drug-likeness (QED) is 0.771. The van der Waals surface area contributed by atoms with E-state index in [0.29, 0.717) is 17.2 Å². The molecular formula is C19H29N3O2S. The first-order valence-corrected chi connectivity index (χ1v) is 10.0. The fraction of sp³-hybridized carbons (Fsp3) is 0.579. The number of hydrogen-bond acceptors (Lipinski definition) is 4. The summed E-state index contributed by atoms with van der Waals surface area (Å²) >= 11 is 1.51. The van der Waals surface area contributed by atoms with Crippen molar-refractivity contribution in [2.24, 2.45) is 5.92 Å². The lowest BCUT2D eigenvalue weighted by Gasteiger charge is -2.28. The largest absolute Gasteiger partial charge is 0.337 e. The number of likely N-dealkylation sites (N-methyl/N-ethyl adjacent to an activating group) is 1. The zero-order valence-electron chi connectivity index (χ0n) is 15.7. The minimum absolute atomic E-state index is 0.0114. The van der Waals surface area contributed by atoms with Crippen LogP contribution in [0, 0.1) is 5.92 Å². The Bertz CT molecular complexity index is 615. The molecule has 1 aliphatic rings. The van der Waals surface area contributed by atoms with E-state index in [1.54, 1.807) is 0 Å². The normalized spacial score (nSPS) is 13.8. The molecule has 0 saturated heterocycles. The molecule has 138 valence electrons. The highest BCUT2D eigenvalue weighted by molar-refractivity contribution is 8.00. The van der Waals surface area contributed by atoms with Gasteiger partial charge in [-0.1, -0.05) is 27.7 Å². The van der Waals surface area contributed by atoms with Crippen molar-refractivity contribution < 1.29 is 9.59 Å². The predicted octanol–water partition coefficient (Wildman–Crippen LogP) is 3.17. The van der Waals surface area contributed by atoms with Gasteiger partial charge in [0.05, 0.1) is 11.4 Å². The first-order valence-electron chi connectivity index (χ1n) is 9.02. The van der Waals surface area contributed by atoms with Gasteiger partial charge in [-0.15, -0.1) is 11.8 Å². The van der Waals surface area contributed by atoms with E-state index in [0.717, 1.165) is 43.3 Å². The maximum atomic E-state index is 13.0. The molecule has 0 bridgehead atoms. The van der Waals surface area contributed by atoms with Gasteiger partial charge < -0.3 is 15.1 Å². The lowest BCUT2D eigenvalue weighted by Crippen LogP contribution is -2.40. The average Bonchev–Trinajstić information content (AvgIpc) is 2.59. The van der Waals surface area contributed by atoms with Crippen LogP contribution in [-0.2, 0) is 4.79 Å². The zero-order valence-corrected chi connectivity index (χ0v) is 16.5. The van der Waals surface area contributed by atoms with Crippen LogP contribution in [0.1, 0.15) is 38.1 Å². The maximum absolute atomic E-state index is 13.0. The van der Waals surface area contributed by atoms with Gasteiger partial charge in [0.15, 0.2) is 0 Å². The van der Waals surface area contributed by atoms with E-state index in [2.05, 4.69) is 37.9 Å². The molecule has 1 aliphatic heterocycles. The summed E-state index contributed by atoms with van der Waals surface area (Å²) in [7, 11) is 0. The van der Waals surface area contributed by atoms with Gasteiger partial charge in [0.2, 0.25) is 5.91 Å². The molecule has 2 amide bonds. The summed E-state index contributed by atoms with van der Waals surface area (Å²) in [5.74, 6) is 0.869. The number of carbonyl (C=O) groups excluding carboxylic acids is 2. The number of anilines is 1. The van der Waals surface area contributed by atoms with Crippen molar-refractivity contribution in [2.45, 2.75) is 32.6 Å². The second-order valence-electron chi connectivity index (χ2n) is 6.72. The van der Waals surface area contributed by atoms with Crippen LogP contribution in [0.3, 0.4) is 0 Å². The summed E-state index contributed by atoms with van der Waals surface area (Å²) in [5, 5.41) is 2.86. The molecule has 5 nitrogen and oxygen atoms in total. The lowest BCUT2D eigenvalue weighted by molar-refractivity contribution is -0.113. The minimum Gasteiger partial charge on any atom is -0.337 e. The number of fused-ring (bicyclic) bond motifs is 1. The molecule has 1 N–H and O–H groups in total. The Morgan fingerprint density at radius 1 is 1.24 bits per heavy atom. The smallest absolute Gasteiger partial charge is 0.253 e. The summed E-state index contributed by atoms with van der Waals surface area (Å²) in [6, 6.07) is 5.62. The minimum atomic E-state index is -0.0114. The molecule has 0 unspecified atom stereocenters. The van der Waals surface area contributed by atoms with Crippen molar-refractivity contribution in [1.82, 2.24) is 9.80 Å². The second-order valence-corrected chi connectivity index (χ2v) is 7.74. The Labute approximate surface area is 155 Å². The van der Waals surface area contributed by atoms with Crippen molar-refractivity contribution >= 4 is 29.3 Å². The standard InChI is InChI=1S/C19H29N3O2S/c1-5-21(6-2)9-10-22(12-14(3)4)19(24)15-7-8-17-16(11-15)20-18(23)13-25-17/h7-8,11,14H,5-6,9-10,12-13H2,1-4H3,(H,20,23). The van der Waals surface area contributed by atoms with Gasteiger partial charge in [0.1, 0.15) is 0 Å². The van der Waals surface area contributed by atoms with Crippen molar-refractivity contribution in [3.8, 4) is 0 Å². The first-order chi connectivity index (χ1) is 11.9. The number of nitrogens with zero attached hydrogens (tertiary/aromatic N) is 2. The van der Waals surface area contributed by atoms with Crippen LogP contribution >= 0.6 is 11.8 Å². The summed E-state index contributed by atoms with van der Waals surface area (Å²) in [6.07, 6.45) is 0. The number of thioether (sulfide) groups is 1. The highest BCUT2D eigenvalue weighted by atomic mass is 32.2. The van der Waals surface area contributed by atoms with Crippen LogP contribution in [0.5, 0.6) is 0 Å². The number of carbonyl (C=O) groups is 2. The van der Waals surface area contributed by atoms with Gasteiger partial charge >= 0.3 is 0 Å². The number of hydrogen-bond donors (Lipinski definition) is 1. The topological polar surface area (TPSA) is 52.6 Å². The van der Waals surface area contributed by atoms with Crippen LogP contribution in [0.15, 0.2) is 23.1 Å². The van der Waals surface area contributed by atoms with E-state index in [9.17, 15) is 9.59 Å². The number of amides is 2. The highest BCUT2D eigenvalue weighted by Crippen LogP contribution is 2.32. The molecule has 2 rings (SSSR count). The molecule has 0 radical (unpaired) electrons. The molecule has 0 spiro atoms. The highest BCUT2D eigenvalue weighted by Gasteiger charge is 2.21. The third-order valence-electron chi connectivity index (χ3n) is 4.31. The van der Waals surface area contributed by atoms with Gasteiger partial charge in [-0.2, -0.15) is 0 Å². The van der Waals surface area contributed by atoms with Crippen LogP contribution in [0.25, 0.3) is 0 Å². The SMILES string of the molecule is CCN(CC)CCN(CC(C)C)C(=O)c1ccc2c(c1)NC(=O)CS2. The van der Waals surface area contributed by atoms with Crippen molar-refractivity contribution in [3.05, 3.63) is 23.8 Å². The van der Waals surface area contributed by atoms with E-state index in [1.807, 2.05) is 23.1 Å². The molecule has 0 aromatic heterocycles. The van der Waals surface area contributed by atoms with Crippen LogP contribution in [0.2, 0.25) is 0 Å². The molecule has 0 fully saturated rings. The Hall–Kier alpha value is -1.53. The van der Waals surface area contributed by atoms with Gasteiger partial charge in [-0.05, 0) is 37.2 Å². The monoisotopic (exact) mass is 363 g/mol. The van der Waals surface area contributed by atoms with Crippen molar-refractivity contribution in [3.63, 3.8) is 0 Å². The Kier molecular flexibility index (Phi) is 7.32. The van der Waals surface area contributed by atoms with Gasteiger partial charge in [0, 0.05) is 30.1 Å². The molecule has 1 aromatic rings. The van der Waals surface area contributed by atoms with Crippen LogP contribution in [-0.4, -0.2) is 60.1 Å². The summed E-state index contributed by atoms with van der Waals surface area (Å²) in [6.45, 7) is 12.8. The summed E-state index contributed by atoms with van der Waals surface area (Å²) < 4.78 is 0. The van der Waals surface area contributed by atoms with Gasteiger partial charge in [0.25, 0.3) is 5.91 Å². The molecule has 0 atom stereocenters. The Morgan fingerprint density at radius 3 is 2.60 bits per heavy atom. The van der Waals surface area contributed by atoms with Gasteiger partial charge in [-0.25, -0.2) is 0 Å². The first kappa shape index (κ1) is 19.8. The number of benzene rings is 1. The van der Waals surface area contributed by atoms with Crippen LogP contribution < -0.4 is 5.32 Å². The molecule has 0 saturated carbocycles. The van der Waals surface area contributed by atoms with E-state index in [1.165, 1.54) is 11.8 Å². The molecule has 1 aromatic carbocycles. The predicted molar refractivity (Wildman–Crippen MR) is 104 cm³/mol. The molecule has 1 heterocycles.